The van der Waals surface area contributed by atoms with Crippen LogP contribution in [-0.4, -0.2) is 42.0 Å². The second kappa shape index (κ2) is 11.0. The van der Waals surface area contributed by atoms with Crippen molar-refractivity contribution in [2.75, 3.05) is 13.7 Å². The van der Waals surface area contributed by atoms with Crippen LogP contribution >= 0.6 is 0 Å². The largest absolute Gasteiger partial charge is 0.497 e. The minimum atomic E-state index is -0.615. The third kappa shape index (κ3) is 7.59. The normalized spacial score (nSPS) is 12.1. The molecule has 1 atom stereocenters. The molecule has 2 rings (SSSR count). The first-order valence-electron chi connectivity index (χ1n) is 11.0. The minimum absolute atomic E-state index is 0.147. The number of nitrogens with one attached hydrogen (secondary N) is 1. The molecular weight excluding hydrogens is 404 g/mol. The van der Waals surface area contributed by atoms with Gasteiger partial charge in [0.05, 0.1) is 7.11 Å². The van der Waals surface area contributed by atoms with Crippen LogP contribution < -0.4 is 14.8 Å². The summed E-state index contributed by atoms with van der Waals surface area (Å²) in [6.45, 7) is 11.8. The molecule has 0 heterocycles. The predicted octanol–water partition coefficient (Wildman–Crippen LogP) is 4.41. The predicted molar refractivity (Wildman–Crippen MR) is 127 cm³/mol. The molecule has 0 saturated heterocycles. The molecule has 0 bridgehead atoms. The number of methoxy groups -OCH3 is 1. The number of hydrogen-bond acceptors (Lipinski definition) is 4. The molecular formula is C26H36N2O4. The number of aryl methyl sites for hydroxylation is 2. The molecule has 0 aliphatic heterocycles. The van der Waals surface area contributed by atoms with Gasteiger partial charge in [-0.05, 0) is 82.0 Å². The van der Waals surface area contributed by atoms with Crippen LogP contribution in [0.15, 0.2) is 42.5 Å². The van der Waals surface area contributed by atoms with Crippen LogP contribution in [0.1, 0.15) is 50.8 Å². The summed E-state index contributed by atoms with van der Waals surface area (Å²) in [5.74, 6) is 0.920. The summed E-state index contributed by atoms with van der Waals surface area (Å²) in [5.41, 5.74) is 2.62. The Kier molecular flexibility index (Phi) is 8.70. The van der Waals surface area contributed by atoms with Crippen LogP contribution in [0, 0.1) is 13.8 Å². The zero-order valence-electron chi connectivity index (χ0n) is 20.3. The maximum atomic E-state index is 13.3. The van der Waals surface area contributed by atoms with Gasteiger partial charge in [0.1, 0.15) is 17.5 Å². The monoisotopic (exact) mass is 440 g/mol. The Morgan fingerprint density at radius 3 is 2.25 bits per heavy atom. The van der Waals surface area contributed by atoms with E-state index in [1.165, 1.54) is 0 Å². The number of ether oxygens (including phenoxy) is 2. The molecule has 6 nitrogen and oxygen atoms in total. The maximum Gasteiger partial charge on any atom is 0.261 e. The molecule has 0 spiro atoms. The van der Waals surface area contributed by atoms with E-state index >= 15 is 0 Å². The van der Waals surface area contributed by atoms with E-state index in [4.69, 9.17) is 9.47 Å². The minimum Gasteiger partial charge on any atom is -0.497 e. The molecule has 0 aliphatic rings. The summed E-state index contributed by atoms with van der Waals surface area (Å²) in [6.07, 6.45) is 0.487. The molecule has 2 aromatic rings. The van der Waals surface area contributed by atoms with Crippen molar-refractivity contribution >= 4 is 11.8 Å². The van der Waals surface area contributed by atoms with E-state index in [0.717, 1.165) is 16.7 Å². The number of amides is 2. The first-order chi connectivity index (χ1) is 15.0. The highest BCUT2D eigenvalue weighted by Crippen LogP contribution is 2.20. The van der Waals surface area contributed by atoms with Crippen molar-refractivity contribution < 1.29 is 19.1 Å². The zero-order valence-corrected chi connectivity index (χ0v) is 20.3. The Bertz CT molecular complexity index is 913. The number of benzene rings is 2. The van der Waals surface area contributed by atoms with E-state index in [1.807, 2.05) is 84.0 Å². The van der Waals surface area contributed by atoms with Gasteiger partial charge in [-0.3, -0.25) is 9.59 Å². The van der Waals surface area contributed by atoms with Crippen molar-refractivity contribution in [1.29, 1.82) is 0 Å². The average Bonchev–Trinajstić information content (AvgIpc) is 2.70. The summed E-state index contributed by atoms with van der Waals surface area (Å²) < 4.78 is 11.1. The van der Waals surface area contributed by atoms with E-state index in [9.17, 15) is 9.59 Å². The standard InChI is InChI=1S/C26H36N2O4/c1-8-23(25(30)27-26(4,5)6)28(16-20-10-9-11-21(15-20)31-7)24(29)17-32-22-13-18(2)12-19(3)14-22/h9-15,23H,8,16-17H2,1-7H3,(H,27,30)/t23-/m1/s1. The van der Waals surface area contributed by atoms with Crippen LogP contribution in [0.3, 0.4) is 0 Å². The lowest BCUT2D eigenvalue weighted by Crippen LogP contribution is -2.54. The number of carbonyl (C=O) groups is 2. The highest BCUT2D eigenvalue weighted by Gasteiger charge is 2.31. The van der Waals surface area contributed by atoms with E-state index in [2.05, 4.69) is 5.32 Å². The van der Waals surface area contributed by atoms with Gasteiger partial charge in [-0.25, -0.2) is 0 Å². The summed E-state index contributed by atoms with van der Waals surface area (Å²) >= 11 is 0. The lowest BCUT2D eigenvalue weighted by Gasteiger charge is -2.33. The van der Waals surface area contributed by atoms with Gasteiger partial charge >= 0.3 is 0 Å². The molecule has 0 unspecified atom stereocenters. The molecule has 0 aromatic heterocycles. The third-order valence-electron chi connectivity index (χ3n) is 4.93. The Morgan fingerprint density at radius 2 is 1.69 bits per heavy atom. The first kappa shape index (κ1) is 25.2. The Labute approximate surface area is 191 Å². The van der Waals surface area contributed by atoms with Crippen LogP contribution in [-0.2, 0) is 16.1 Å². The van der Waals surface area contributed by atoms with Crippen LogP contribution in [0.2, 0.25) is 0 Å². The van der Waals surface area contributed by atoms with E-state index < -0.39 is 11.6 Å². The van der Waals surface area contributed by atoms with Gasteiger partial charge in [-0.1, -0.05) is 25.1 Å². The van der Waals surface area contributed by atoms with Gasteiger partial charge < -0.3 is 19.7 Å². The van der Waals surface area contributed by atoms with Crippen molar-refractivity contribution in [2.45, 2.75) is 66.1 Å². The fraction of sp³-hybridized carbons (Fsp3) is 0.462. The Hall–Kier alpha value is -3.02. The lowest BCUT2D eigenvalue weighted by atomic mass is 10.1. The topological polar surface area (TPSA) is 67.9 Å². The van der Waals surface area contributed by atoms with Gasteiger partial charge in [-0.15, -0.1) is 0 Å². The highest BCUT2D eigenvalue weighted by atomic mass is 16.5. The lowest BCUT2D eigenvalue weighted by molar-refractivity contribution is -0.143. The van der Waals surface area contributed by atoms with Gasteiger partial charge in [-0.2, -0.15) is 0 Å². The van der Waals surface area contributed by atoms with E-state index in [-0.39, 0.29) is 25.0 Å². The molecule has 0 radical (unpaired) electrons. The Balaban J connectivity index is 2.28. The van der Waals surface area contributed by atoms with Crippen molar-refractivity contribution in [2.24, 2.45) is 0 Å². The SMILES string of the molecule is CC[C@H](C(=O)NC(C)(C)C)N(Cc1cccc(OC)c1)C(=O)COc1cc(C)cc(C)c1. The molecule has 2 amide bonds. The van der Waals surface area contributed by atoms with Gasteiger partial charge in [0, 0.05) is 12.1 Å². The van der Waals surface area contributed by atoms with Crippen molar-refractivity contribution in [1.82, 2.24) is 10.2 Å². The number of carbonyl (C=O) groups excluding carboxylic acids is 2. The van der Waals surface area contributed by atoms with Crippen LogP contribution in [0.5, 0.6) is 11.5 Å². The molecule has 32 heavy (non-hydrogen) atoms. The summed E-state index contributed by atoms with van der Waals surface area (Å²) in [5, 5.41) is 3.00. The second-order valence-corrected chi connectivity index (χ2v) is 9.15. The average molecular weight is 441 g/mol. The molecule has 0 aliphatic carbocycles. The maximum absolute atomic E-state index is 13.3. The number of nitrogens with zero attached hydrogens (tertiary/aromatic N) is 1. The number of rotatable bonds is 9. The number of hydrogen-bond donors (Lipinski definition) is 1. The fourth-order valence-electron chi connectivity index (χ4n) is 3.58. The first-order valence-corrected chi connectivity index (χ1v) is 11.0. The summed E-state index contributed by atoms with van der Waals surface area (Å²) in [6, 6.07) is 12.7. The molecule has 0 saturated carbocycles. The molecule has 6 heteroatoms. The van der Waals surface area contributed by atoms with Crippen LogP contribution in [0.25, 0.3) is 0 Å². The summed E-state index contributed by atoms with van der Waals surface area (Å²) in [7, 11) is 1.60. The molecule has 0 fully saturated rings. The smallest absolute Gasteiger partial charge is 0.261 e. The third-order valence-corrected chi connectivity index (χ3v) is 4.93. The van der Waals surface area contributed by atoms with Gasteiger partial charge in [0.15, 0.2) is 6.61 Å². The van der Waals surface area contributed by atoms with Gasteiger partial charge in [0.25, 0.3) is 5.91 Å². The van der Waals surface area contributed by atoms with Gasteiger partial charge in [0.2, 0.25) is 5.91 Å². The molecule has 174 valence electrons. The van der Waals surface area contributed by atoms with Crippen molar-refractivity contribution in [3.05, 3.63) is 59.2 Å². The fourth-order valence-corrected chi connectivity index (χ4v) is 3.58. The highest BCUT2D eigenvalue weighted by molar-refractivity contribution is 5.88. The summed E-state index contributed by atoms with van der Waals surface area (Å²) in [4.78, 5) is 27.9. The Morgan fingerprint density at radius 1 is 1.03 bits per heavy atom. The van der Waals surface area contributed by atoms with Crippen molar-refractivity contribution in [3.8, 4) is 11.5 Å². The van der Waals surface area contributed by atoms with Crippen molar-refractivity contribution in [3.63, 3.8) is 0 Å². The van der Waals surface area contributed by atoms with E-state index in [1.54, 1.807) is 12.0 Å². The van der Waals surface area contributed by atoms with E-state index in [0.29, 0.717) is 17.9 Å². The zero-order chi connectivity index (χ0) is 23.9. The van der Waals surface area contributed by atoms with Crippen LogP contribution in [0.4, 0.5) is 0 Å². The quantitative estimate of drug-likeness (QED) is 0.627. The second-order valence-electron chi connectivity index (χ2n) is 9.15. The molecule has 2 aromatic carbocycles. The molecule has 1 N–H and O–H groups in total.